The van der Waals surface area contributed by atoms with Gasteiger partial charge in [0.2, 0.25) is 0 Å². The van der Waals surface area contributed by atoms with Gasteiger partial charge in [-0.2, -0.15) is 0 Å². The van der Waals surface area contributed by atoms with Crippen LogP contribution in [0.2, 0.25) is 0 Å². The average molecular weight is 301 g/mol. The van der Waals surface area contributed by atoms with Crippen LogP contribution in [0.3, 0.4) is 0 Å². The van der Waals surface area contributed by atoms with Crippen LogP contribution in [0.15, 0.2) is 29.5 Å². The summed E-state index contributed by atoms with van der Waals surface area (Å²) < 4.78 is 0. The van der Waals surface area contributed by atoms with Crippen molar-refractivity contribution in [3.8, 4) is 0 Å². The molecule has 1 saturated carbocycles. The second-order valence-corrected chi connectivity index (χ2v) is 6.66. The van der Waals surface area contributed by atoms with Crippen LogP contribution in [0.25, 0.3) is 0 Å². The Morgan fingerprint density at radius 3 is 3.00 bits per heavy atom. The van der Waals surface area contributed by atoms with Gasteiger partial charge >= 0.3 is 0 Å². The quantitative estimate of drug-likeness (QED) is 0.642. The smallest absolute Gasteiger partial charge is 0.188 e. The fourth-order valence-corrected chi connectivity index (χ4v) is 3.51. The van der Waals surface area contributed by atoms with Crippen LogP contribution < -0.4 is 11.1 Å². The summed E-state index contributed by atoms with van der Waals surface area (Å²) in [6, 6.07) is 4.60. The van der Waals surface area contributed by atoms with Gasteiger partial charge in [-0.15, -0.1) is 0 Å². The van der Waals surface area contributed by atoms with E-state index in [9.17, 15) is 0 Å². The van der Waals surface area contributed by atoms with E-state index >= 15 is 0 Å². The molecular weight excluding hydrogens is 274 g/mol. The number of aromatic nitrogens is 1. The highest BCUT2D eigenvalue weighted by Gasteiger charge is 2.32. The molecule has 2 heterocycles. The number of nitrogens with zero attached hydrogens (tertiary/aromatic N) is 3. The number of hydrogen-bond acceptors (Lipinski definition) is 3. The normalized spacial score (nSPS) is 26.9. The molecule has 0 unspecified atom stereocenters. The molecule has 0 aromatic carbocycles. The van der Waals surface area contributed by atoms with Gasteiger partial charge in [0.05, 0.1) is 0 Å². The summed E-state index contributed by atoms with van der Waals surface area (Å²) in [4.78, 5) is 11.2. The molecule has 5 nitrogen and oxygen atoms in total. The molecule has 0 radical (unpaired) electrons. The van der Waals surface area contributed by atoms with Crippen molar-refractivity contribution in [2.75, 3.05) is 26.7 Å². The van der Waals surface area contributed by atoms with Crippen LogP contribution in [-0.4, -0.2) is 42.5 Å². The zero-order valence-electron chi connectivity index (χ0n) is 13.4. The van der Waals surface area contributed by atoms with Crippen LogP contribution in [0, 0.1) is 11.8 Å². The van der Waals surface area contributed by atoms with E-state index in [0.717, 1.165) is 25.6 Å². The first kappa shape index (κ1) is 15.3. The Morgan fingerprint density at radius 2 is 2.32 bits per heavy atom. The average Bonchev–Trinajstić information content (AvgIpc) is 2.85. The summed E-state index contributed by atoms with van der Waals surface area (Å²) in [7, 11) is 2.19. The van der Waals surface area contributed by atoms with Gasteiger partial charge in [-0.3, -0.25) is 14.9 Å². The summed E-state index contributed by atoms with van der Waals surface area (Å²) in [6.45, 7) is 2.88. The number of hydrogen-bond donors (Lipinski definition) is 2. The maximum absolute atomic E-state index is 6.01. The molecule has 3 N–H and O–H groups in total. The van der Waals surface area contributed by atoms with Gasteiger partial charge in [0.15, 0.2) is 5.96 Å². The molecule has 1 aliphatic heterocycles. The number of nitrogens with two attached hydrogens (primary N) is 1. The molecule has 1 saturated heterocycles. The lowest BCUT2D eigenvalue weighted by Gasteiger charge is -2.26. The minimum absolute atomic E-state index is 0.417. The van der Waals surface area contributed by atoms with Crippen LogP contribution in [0.4, 0.5) is 0 Å². The molecule has 2 atom stereocenters. The lowest BCUT2D eigenvalue weighted by Crippen LogP contribution is -2.37. The van der Waals surface area contributed by atoms with E-state index in [1.165, 1.54) is 31.2 Å². The first-order valence-corrected chi connectivity index (χ1v) is 8.38. The maximum Gasteiger partial charge on any atom is 0.188 e. The number of nitrogens with one attached hydrogen (secondary N) is 1. The van der Waals surface area contributed by atoms with E-state index in [1.807, 2.05) is 18.5 Å². The standard InChI is InChI=1S/C17H27N5/c1-22-9-7-15(16(22)14-6-3-8-19-11-14)12-21-17(18)20-10-13-4-2-5-13/h3,6,8,11,13,15-16H,2,4-5,7,9-10,12H2,1H3,(H3,18,20,21)/t15-,16-/m0/s1. The summed E-state index contributed by atoms with van der Waals surface area (Å²) in [5.74, 6) is 1.92. The molecule has 3 rings (SSSR count). The van der Waals surface area contributed by atoms with E-state index in [4.69, 9.17) is 5.73 Å². The maximum atomic E-state index is 6.01. The minimum atomic E-state index is 0.417. The zero-order chi connectivity index (χ0) is 15.4. The highest BCUT2D eigenvalue weighted by atomic mass is 15.2. The molecule has 1 aliphatic carbocycles. The van der Waals surface area contributed by atoms with Crippen molar-refractivity contribution >= 4 is 5.96 Å². The third kappa shape index (κ3) is 3.58. The van der Waals surface area contributed by atoms with Gasteiger partial charge in [-0.25, -0.2) is 0 Å². The van der Waals surface area contributed by atoms with Crippen molar-refractivity contribution in [2.45, 2.75) is 31.7 Å². The first-order valence-electron chi connectivity index (χ1n) is 8.38. The molecule has 2 aliphatic rings. The second kappa shape index (κ2) is 7.09. The van der Waals surface area contributed by atoms with Crippen molar-refractivity contribution in [1.82, 2.24) is 15.2 Å². The van der Waals surface area contributed by atoms with Crippen LogP contribution in [0.1, 0.15) is 37.3 Å². The molecule has 0 spiro atoms. The van der Waals surface area contributed by atoms with Gasteiger partial charge < -0.3 is 11.1 Å². The largest absolute Gasteiger partial charge is 0.370 e. The van der Waals surface area contributed by atoms with Crippen LogP contribution in [-0.2, 0) is 0 Å². The monoisotopic (exact) mass is 301 g/mol. The van der Waals surface area contributed by atoms with Gasteiger partial charge in [0.1, 0.15) is 0 Å². The Balaban J connectivity index is 1.54. The number of guanidine groups is 1. The van der Waals surface area contributed by atoms with Crippen LogP contribution >= 0.6 is 0 Å². The lowest BCUT2D eigenvalue weighted by molar-refractivity contribution is 0.276. The predicted molar refractivity (Wildman–Crippen MR) is 89.5 cm³/mol. The van der Waals surface area contributed by atoms with Crippen molar-refractivity contribution in [3.05, 3.63) is 30.1 Å². The Labute approximate surface area is 133 Å². The summed E-state index contributed by atoms with van der Waals surface area (Å²) in [5.41, 5.74) is 7.30. The summed E-state index contributed by atoms with van der Waals surface area (Å²) in [5, 5.41) is 3.33. The van der Waals surface area contributed by atoms with Crippen LogP contribution in [0.5, 0.6) is 0 Å². The minimum Gasteiger partial charge on any atom is -0.370 e. The van der Waals surface area contributed by atoms with Gasteiger partial charge in [0.25, 0.3) is 0 Å². The van der Waals surface area contributed by atoms with E-state index in [-0.39, 0.29) is 0 Å². The third-order valence-electron chi connectivity index (χ3n) is 5.09. The van der Waals surface area contributed by atoms with Gasteiger partial charge in [-0.1, -0.05) is 12.5 Å². The number of pyridine rings is 1. The highest BCUT2D eigenvalue weighted by molar-refractivity contribution is 5.77. The SMILES string of the molecule is CN1CC[C@@H](CNC(N)=NCC2CCC2)[C@@H]1c1cccnc1. The molecule has 22 heavy (non-hydrogen) atoms. The van der Waals surface area contributed by atoms with E-state index in [2.05, 4.69) is 33.3 Å². The first-order chi connectivity index (χ1) is 10.7. The summed E-state index contributed by atoms with van der Waals surface area (Å²) >= 11 is 0. The molecule has 5 heteroatoms. The molecular formula is C17H27N5. The number of aliphatic imine (C=N–C) groups is 1. The van der Waals surface area contributed by atoms with Gasteiger partial charge in [-0.05, 0) is 56.3 Å². The third-order valence-corrected chi connectivity index (χ3v) is 5.09. The van der Waals surface area contributed by atoms with E-state index < -0.39 is 0 Å². The Morgan fingerprint density at radius 1 is 1.45 bits per heavy atom. The van der Waals surface area contributed by atoms with Crippen molar-refractivity contribution < 1.29 is 0 Å². The Hall–Kier alpha value is -1.62. The van der Waals surface area contributed by atoms with Crippen molar-refractivity contribution in [3.63, 3.8) is 0 Å². The lowest BCUT2D eigenvalue weighted by atomic mass is 9.86. The molecule has 0 amide bonds. The molecule has 0 bridgehead atoms. The fraction of sp³-hybridized carbons (Fsp3) is 0.647. The van der Waals surface area contributed by atoms with E-state index in [0.29, 0.717) is 17.9 Å². The molecule has 1 aromatic rings. The topological polar surface area (TPSA) is 66.5 Å². The fourth-order valence-electron chi connectivity index (χ4n) is 3.51. The number of rotatable bonds is 5. The predicted octanol–water partition coefficient (Wildman–Crippen LogP) is 1.78. The second-order valence-electron chi connectivity index (χ2n) is 6.66. The Bertz CT molecular complexity index is 497. The summed E-state index contributed by atoms with van der Waals surface area (Å²) in [6.07, 6.45) is 8.97. The van der Waals surface area contributed by atoms with Crippen molar-refractivity contribution in [2.24, 2.45) is 22.6 Å². The van der Waals surface area contributed by atoms with Crippen molar-refractivity contribution in [1.29, 1.82) is 0 Å². The highest BCUT2D eigenvalue weighted by Crippen LogP contribution is 2.35. The molecule has 2 fully saturated rings. The number of likely N-dealkylation sites (tertiary alicyclic amines) is 1. The molecule has 120 valence electrons. The van der Waals surface area contributed by atoms with E-state index in [1.54, 1.807) is 0 Å². The molecule has 1 aromatic heterocycles. The van der Waals surface area contributed by atoms with Gasteiger partial charge in [0, 0.05) is 31.5 Å². The Kier molecular flexibility index (Phi) is 4.93. The zero-order valence-corrected chi connectivity index (χ0v) is 13.4.